The van der Waals surface area contributed by atoms with E-state index in [2.05, 4.69) is 16.8 Å². The van der Waals surface area contributed by atoms with Crippen molar-refractivity contribution in [2.45, 2.75) is 38.5 Å². The number of anilines is 1. The number of hydrogen-bond acceptors (Lipinski definition) is 5. The molecule has 2 fully saturated rings. The van der Waals surface area contributed by atoms with Crippen LogP contribution >= 0.6 is 11.3 Å². The Balaban J connectivity index is 1.87. The van der Waals surface area contributed by atoms with Crippen LogP contribution < -0.4 is 4.90 Å². The van der Waals surface area contributed by atoms with Gasteiger partial charge in [0.15, 0.2) is 5.13 Å². The molecule has 1 N–H and O–H groups in total. The number of amides is 2. The van der Waals surface area contributed by atoms with Gasteiger partial charge < -0.3 is 5.11 Å². The number of hydrogen-bond donors (Lipinski definition) is 1. The number of rotatable bonds is 1. The molecule has 0 aromatic carbocycles. The maximum Gasteiger partial charge on any atom is 0.242 e. The van der Waals surface area contributed by atoms with Crippen molar-refractivity contribution in [3.8, 4) is 11.8 Å². The maximum absolute atomic E-state index is 12.7. The Kier molecular flexibility index (Phi) is 3.79. The van der Waals surface area contributed by atoms with E-state index in [0.29, 0.717) is 16.4 Å². The minimum Gasteiger partial charge on any atom is -0.384 e. The lowest BCUT2D eigenvalue weighted by molar-refractivity contribution is -0.127. The molecule has 0 atom stereocenters. The summed E-state index contributed by atoms with van der Waals surface area (Å²) >= 11 is 1.21. The van der Waals surface area contributed by atoms with Crippen LogP contribution in [-0.2, 0) is 9.59 Å². The average molecular weight is 304 g/mol. The molecule has 1 aromatic rings. The van der Waals surface area contributed by atoms with Crippen molar-refractivity contribution in [1.82, 2.24) is 4.98 Å². The Labute approximate surface area is 127 Å². The fraction of sp³-hybridized carbons (Fsp3) is 0.533. The van der Waals surface area contributed by atoms with Crippen LogP contribution in [0.5, 0.6) is 0 Å². The zero-order valence-corrected chi connectivity index (χ0v) is 12.4. The van der Waals surface area contributed by atoms with Crippen molar-refractivity contribution in [3.05, 3.63) is 11.1 Å². The molecule has 0 radical (unpaired) electrons. The van der Waals surface area contributed by atoms with E-state index in [1.54, 1.807) is 0 Å². The number of aromatic nitrogens is 1. The molecule has 2 heterocycles. The van der Waals surface area contributed by atoms with Crippen molar-refractivity contribution < 1.29 is 14.7 Å². The van der Waals surface area contributed by atoms with Gasteiger partial charge in [0.2, 0.25) is 11.8 Å². The largest absolute Gasteiger partial charge is 0.384 e. The standard InChI is InChI=1S/C15H16N2O3S/c18-8-4-5-11-10-16-14(21-11)17-12(19)9-15(13(17)20)6-2-1-3-7-15/h10,18H,1-3,6-9H2. The molecule has 2 aliphatic rings. The van der Waals surface area contributed by atoms with Crippen LogP contribution in [0.2, 0.25) is 0 Å². The summed E-state index contributed by atoms with van der Waals surface area (Å²) < 4.78 is 0. The third kappa shape index (κ3) is 2.47. The first-order chi connectivity index (χ1) is 10.2. The number of imide groups is 1. The van der Waals surface area contributed by atoms with Gasteiger partial charge in [-0.2, -0.15) is 0 Å². The molecule has 2 amide bonds. The van der Waals surface area contributed by atoms with E-state index in [4.69, 9.17) is 5.11 Å². The van der Waals surface area contributed by atoms with Gasteiger partial charge in [-0.1, -0.05) is 42.4 Å². The van der Waals surface area contributed by atoms with Crippen LogP contribution in [-0.4, -0.2) is 28.5 Å². The lowest BCUT2D eigenvalue weighted by atomic mass is 9.73. The Hall–Kier alpha value is -1.71. The van der Waals surface area contributed by atoms with Crippen molar-refractivity contribution >= 4 is 28.3 Å². The third-order valence-electron chi connectivity index (χ3n) is 4.18. The second-order valence-electron chi connectivity index (χ2n) is 5.52. The molecule has 0 unspecified atom stereocenters. The van der Waals surface area contributed by atoms with E-state index in [9.17, 15) is 9.59 Å². The van der Waals surface area contributed by atoms with Crippen LogP contribution in [0.1, 0.15) is 43.4 Å². The highest BCUT2D eigenvalue weighted by molar-refractivity contribution is 7.16. The minimum absolute atomic E-state index is 0.0942. The molecule has 1 spiro atoms. The Bertz CT molecular complexity index is 635. The second-order valence-corrected chi connectivity index (χ2v) is 6.53. The third-order valence-corrected chi connectivity index (χ3v) is 5.08. The van der Waals surface area contributed by atoms with Crippen LogP contribution in [0.3, 0.4) is 0 Å². The van der Waals surface area contributed by atoms with E-state index in [1.165, 1.54) is 22.4 Å². The van der Waals surface area contributed by atoms with Crippen LogP contribution in [0, 0.1) is 17.3 Å². The predicted octanol–water partition coefficient (Wildman–Crippen LogP) is 1.70. The molecule has 0 bridgehead atoms. The molecule has 6 heteroatoms. The first kappa shape index (κ1) is 14.2. The van der Waals surface area contributed by atoms with Gasteiger partial charge in [0.05, 0.1) is 16.5 Å². The van der Waals surface area contributed by atoms with Gasteiger partial charge in [-0.3, -0.25) is 9.59 Å². The summed E-state index contributed by atoms with van der Waals surface area (Å²) in [7, 11) is 0. The van der Waals surface area contributed by atoms with Crippen molar-refractivity contribution in [3.63, 3.8) is 0 Å². The number of thiazole rings is 1. The quantitative estimate of drug-likeness (QED) is 0.633. The van der Waals surface area contributed by atoms with Gasteiger partial charge >= 0.3 is 0 Å². The molecular formula is C15H16N2O3S. The highest BCUT2D eigenvalue weighted by atomic mass is 32.1. The van der Waals surface area contributed by atoms with Crippen molar-refractivity contribution in [2.75, 3.05) is 11.5 Å². The topological polar surface area (TPSA) is 70.5 Å². The molecular weight excluding hydrogens is 288 g/mol. The van der Waals surface area contributed by atoms with Gasteiger partial charge in [-0.25, -0.2) is 9.88 Å². The monoisotopic (exact) mass is 304 g/mol. The Morgan fingerprint density at radius 2 is 2.10 bits per heavy atom. The summed E-state index contributed by atoms with van der Waals surface area (Å²) in [5.74, 6) is 5.03. The first-order valence-electron chi connectivity index (χ1n) is 7.09. The average Bonchev–Trinajstić information content (AvgIpc) is 3.02. The first-order valence-corrected chi connectivity index (χ1v) is 7.91. The van der Waals surface area contributed by atoms with E-state index >= 15 is 0 Å². The molecule has 1 aromatic heterocycles. The summed E-state index contributed by atoms with van der Waals surface area (Å²) in [5.41, 5.74) is -0.488. The van der Waals surface area contributed by atoms with Crippen molar-refractivity contribution in [1.29, 1.82) is 0 Å². The number of carbonyl (C=O) groups excluding carboxylic acids is 2. The van der Waals surface area contributed by atoms with Gasteiger partial charge in [0.25, 0.3) is 0 Å². The highest BCUT2D eigenvalue weighted by Crippen LogP contribution is 2.46. The summed E-state index contributed by atoms with van der Waals surface area (Å²) in [5, 5.41) is 9.09. The number of nitrogens with zero attached hydrogens (tertiary/aromatic N) is 2. The van der Waals surface area contributed by atoms with Crippen LogP contribution in [0.15, 0.2) is 6.20 Å². The smallest absolute Gasteiger partial charge is 0.242 e. The summed E-state index contributed by atoms with van der Waals surface area (Å²) in [4.78, 5) is 31.0. The summed E-state index contributed by atoms with van der Waals surface area (Å²) in [6.07, 6.45) is 6.61. The molecule has 3 rings (SSSR count). The van der Waals surface area contributed by atoms with Crippen LogP contribution in [0.25, 0.3) is 0 Å². The molecule has 1 aliphatic carbocycles. The summed E-state index contributed by atoms with van der Waals surface area (Å²) in [6, 6.07) is 0. The molecule has 110 valence electrons. The maximum atomic E-state index is 12.7. The van der Waals surface area contributed by atoms with Gasteiger partial charge in [-0.05, 0) is 12.8 Å². The molecule has 5 nitrogen and oxygen atoms in total. The highest BCUT2D eigenvalue weighted by Gasteiger charge is 2.52. The number of carbonyl (C=O) groups is 2. The van der Waals surface area contributed by atoms with E-state index in [0.717, 1.165) is 32.1 Å². The molecule has 21 heavy (non-hydrogen) atoms. The molecule has 1 saturated heterocycles. The zero-order valence-electron chi connectivity index (χ0n) is 11.6. The minimum atomic E-state index is -0.488. The zero-order chi connectivity index (χ0) is 14.9. The van der Waals surface area contributed by atoms with Gasteiger partial charge in [0, 0.05) is 6.42 Å². The van der Waals surface area contributed by atoms with Gasteiger partial charge in [0.1, 0.15) is 6.61 Å². The number of aliphatic hydroxyl groups excluding tert-OH is 1. The molecule has 1 aliphatic heterocycles. The lowest BCUT2D eigenvalue weighted by Gasteiger charge is -2.30. The Morgan fingerprint density at radius 3 is 2.81 bits per heavy atom. The van der Waals surface area contributed by atoms with Gasteiger partial charge in [-0.15, -0.1) is 0 Å². The second kappa shape index (κ2) is 5.58. The fourth-order valence-electron chi connectivity index (χ4n) is 3.16. The van der Waals surface area contributed by atoms with E-state index in [1.807, 2.05) is 0 Å². The fourth-order valence-corrected chi connectivity index (χ4v) is 3.97. The summed E-state index contributed by atoms with van der Waals surface area (Å²) in [6.45, 7) is -0.224. The Morgan fingerprint density at radius 1 is 1.33 bits per heavy atom. The van der Waals surface area contributed by atoms with Crippen molar-refractivity contribution in [2.24, 2.45) is 5.41 Å². The SMILES string of the molecule is O=C1CC2(CCCCC2)C(=O)N1c1ncc(C#CCO)s1. The molecule has 1 saturated carbocycles. The van der Waals surface area contributed by atoms with E-state index in [-0.39, 0.29) is 18.4 Å². The predicted molar refractivity (Wildman–Crippen MR) is 78.7 cm³/mol. The van der Waals surface area contributed by atoms with E-state index < -0.39 is 5.41 Å². The normalized spacial score (nSPS) is 20.7. The lowest BCUT2D eigenvalue weighted by Crippen LogP contribution is -2.36. The number of aliphatic hydroxyl groups is 1. The van der Waals surface area contributed by atoms with Crippen LogP contribution in [0.4, 0.5) is 5.13 Å².